The second-order valence-electron chi connectivity index (χ2n) is 7.93. The second-order valence-corrected chi connectivity index (χ2v) is 9.94. The van der Waals surface area contributed by atoms with Gasteiger partial charge in [0.05, 0.1) is 4.90 Å². The summed E-state index contributed by atoms with van der Waals surface area (Å²) >= 11 is 3.36. The number of hydrogen-bond acceptors (Lipinski definition) is 6. The van der Waals surface area contributed by atoms with E-state index in [1.165, 1.54) is 11.6 Å². The number of aromatic nitrogens is 2. The van der Waals surface area contributed by atoms with Crippen molar-refractivity contribution in [1.82, 2.24) is 15.0 Å². The summed E-state index contributed by atoms with van der Waals surface area (Å²) in [5.41, 5.74) is 3.13. The van der Waals surface area contributed by atoms with Crippen LogP contribution in [0.15, 0.2) is 50.4 Å². The molecule has 0 saturated heterocycles. The number of pyridine rings is 1. The lowest BCUT2D eigenvalue weighted by Crippen LogP contribution is -2.33. The van der Waals surface area contributed by atoms with Crippen molar-refractivity contribution in [2.24, 2.45) is 0 Å². The van der Waals surface area contributed by atoms with Gasteiger partial charge < -0.3 is 9.26 Å². The average molecular weight is 559 g/mol. The monoisotopic (exact) mass is 558 g/mol. The third kappa shape index (κ3) is 5.78. The maximum atomic E-state index is 12.8. The zero-order valence-electron chi connectivity index (χ0n) is 18.4. The molecule has 2 aromatic heterocycles. The lowest BCUT2D eigenvalue weighted by molar-refractivity contribution is -0.154. The summed E-state index contributed by atoms with van der Waals surface area (Å²) < 4.78 is 63.1. The molecule has 0 amide bonds. The molecule has 3 aromatic rings. The smallest absolute Gasteiger partial charge is 0.422 e. The molecule has 1 aromatic carbocycles. The molecule has 182 valence electrons. The van der Waals surface area contributed by atoms with Gasteiger partial charge in [0.25, 0.3) is 0 Å². The van der Waals surface area contributed by atoms with E-state index in [4.69, 9.17) is 4.52 Å². The Morgan fingerprint density at radius 3 is 2.74 bits per heavy atom. The summed E-state index contributed by atoms with van der Waals surface area (Å²) in [7, 11) is -1.52. The van der Waals surface area contributed by atoms with Crippen LogP contribution in [0.3, 0.4) is 0 Å². The van der Waals surface area contributed by atoms with E-state index in [9.17, 15) is 17.4 Å². The van der Waals surface area contributed by atoms with Crippen molar-refractivity contribution in [3.8, 4) is 5.88 Å². The molecule has 1 N–H and O–H groups in total. The molecule has 0 fully saturated rings. The second kappa shape index (κ2) is 10.0. The first-order valence-electron chi connectivity index (χ1n) is 10.4. The Morgan fingerprint density at radius 1 is 1.29 bits per heavy atom. The van der Waals surface area contributed by atoms with Crippen molar-refractivity contribution in [3.05, 3.63) is 63.5 Å². The van der Waals surface area contributed by atoms with Crippen molar-refractivity contribution in [2.45, 2.75) is 43.9 Å². The molecule has 4 rings (SSSR count). The predicted octanol–water partition coefficient (Wildman–Crippen LogP) is 5.34. The number of anilines is 1. The van der Waals surface area contributed by atoms with Crippen LogP contribution in [-0.2, 0) is 24.0 Å². The van der Waals surface area contributed by atoms with E-state index in [2.05, 4.69) is 40.4 Å². The number of ether oxygens (including phenoxy) is 1. The van der Waals surface area contributed by atoms with Gasteiger partial charge in [-0.1, -0.05) is 17.3 Å². The molecule has 2 atom stereocenters. The topological polar surface area (TPSA) is 80.5 Å². The van der Waals surface area contributed by atoms with Gasteiger partial charge >= 0.3 is 6.18 Å². The van der Waals surface area contributed by atoms with Crippen LogP contribution in [0.2, 0.25) is 0 Å². The Bertz CT molecular complexity index is 1190. The number of halogens is 4. The van der Waals surface area contributed by atoms with Crippen LogP contribution < -0.4 is 9.46 Å². The Morgan fingerprint density at radius 2 is 2.09 bits per heavy atom. The molecule has 1 aliphatic heterocycles. The largest absolute Gasteiger partial charge is 0.468 e. The standard InChI is InChI=1S/C22H22BrF3N4O3S/c1-13(16-4-6-19(27-10-16)32-12-22(24,25)26)30-8-7-15-3-5-18(9-17(15)11-30)34(31)29-21-20(23)14(2)33-28-21/h3-6,9-10,13H,7-8,11-12H2,1-2H3,(H,28,29). The van der Waals surface area contributed by atoms with Gasteiger partial charge in [0.1, 0.15) is 10.2 Å². The number of hydrogen-bond donors (Lipinski definition) is 1. The number of nitrogens with one attached hydrogen (secondary N) is 1. The SMILES string of the molecule is Cc1onc(NS(=O)c2ccc3c(c2)CN(C(C)c2ccc(OCC(F)(F)F)nc2)CC3)c1Br. The van der Waals surface area contributed by atoms with Crippen LogP contribution in [0, 0.1) is 6.92 Å². The normalized spacial score (nSPS) is 16.1. The number of nitrogens with zero attached hydrogens (tertiary/aromatic N) is 3. The van der Waals surface area contributed by atoms with Crippen LogP contribution in [0.5, 0.6) is 5.88 Å². The molecular weight excluding hydrogens is 537 g/mol. The van der Waals surface area contributed by atoms with Gasteiger partial charge in [0.2, 0.25) is 5.88 Å². The number of alkyl halides is 3. The molecule has 0 spiro atoms. The number of fused-ring (bicyclic) bond motifs is 1. The molecule has 0 aliphatic carbocycles. The van der Waals surface area contributed by atoms with Gasteiger partial charge in [-0.25, -0.2) is 9.19 Å². The fraction of sp³-hybridized carbons (Fsp3) is 0.364. The first-order valence-corrected chi connectivity index (χ1v) is 12.4. The average Bonchev–Trinajstić information content (AvgIpc) is 3.13. The molecule has 0 saturated carbocycles. The Balaban J connectivity index is 1.43. The van der Waals surface area contributed by atoms with Crippen molar-refractivity contribution in [1.29, 1.82) is 0 Å². The molecular formula is C22H22BrF3N4O3S. The Labute approximate surface area is 205 Å². The number of rotatable bonds is 7. The minimum Gasteiger partial charge on any atom is -0.468 e. The molecule has 0 bridgehead atoms. The fourth-order valence-electron chi connectivity index (χ4n) is 3.66. The van der Waals surface area contributed by atoms with Crippen molar-refractivity contribution >= 4 is 32.7 Å². The third-order valence-electron chi connectivity index (χ3n) is 5.59. The van der Waals surface area contributed by atoms with Crippen molar-refractivity contribution in [2.75, 3.05) is 17.9 Å². The van der Waals surface area contributed by atoms with Crippen LogP contribution in [0.1, 0.15) is 35.4 Å². The molecule has 7 nitrogen and oxygen atoms in total. The highest BCUT2D eigenvalue weighted by molar-refractivity contribution is 9.10. The summed E-state index contributed by atoms with van der Waals surface area (Å²) in [4.78, 5) is 6.88. The van der Waals surface area contributed by atoms with Crippen molar-refractivity contribution < 1.29 is 26.6 Å². The zero-order valence-corrected chi connectivity index (χ0v) is 20.8. The molecule has 1 aliphatic rings. The molecule has 12 heteroatoms. The fourth-order valence-corrected chi connectivity index (χ4v) is 4.91. The summed E-state index contributed by atoms with van der Waals surface area (Å²) in [6.45, 7) is 3.85. The van der Waals surface area contributed by atoms with Gasteiger partial charge in [0, 0.05) is 31.4 Å². The number of benzene rings is 1. The summed E-state index contributed by atoms with van der Waals surface area (Å²) in [5.74, 6) is 0.897. The van der Waals surface area contributed by atoms with E-state index < -0.39 is 23.8 Å². The number of aryl methyl sites for hydroxylation is 1. The van der Waals surface area contributed by atoms with E-state index >= 15 is 0 Å². The lowest BCUT2D eigenvalue weighted by atomic mass is 9.97. The van der Waals surface area contributed by atoms with E-state index in [0.29, 0.717) is 27.5 Å². The van der Waals surface area contributed by atoms with E-state index in [-0.39, 0.29) is 11.9 Å². The highest BCUT2D eigenvalue weighted by Crippen LogP contribution is 2.30. The maximum Gasteiger partial charge on any atom is 0.422 e. The van der Waals surface area contributed by atoms with Crippen molar-refractivity contribution in [3.63, 3.8) is 0 Å². The maximum absolute atomic E-state index is 12.8. The van der Waals surface area contributed by atoms with Crippen LogP contribution in [-0.4, -0.2) is 38.6 Å². The van der Waals surface area contributed by atoms with Gasteiger partial charge in [-0.2, -0.15) is 13.2 Å². The van der Waals surface area contributed by atoms with Crippen LogP contribution in [0.25, 0.3) is 0 Å². The molecule has 0 radical (unpaired) electrons. The highest BCUT2D eigenvalue weighted by atomic mass is 79.9. The van der Waals surface area contributed by atoms with Gasteiger partial charge in [-0.15, -0.1) is 0 Å². The summed E-state index contributed by atoms with van der Waals surface area (Å²) in [5, 5.41) is 3.86. The van der Waals surface area contributed by atoms with Gasteiger partial charge in [0.15, 0.2) is 23.4 Å². The first-order chi connectivity index (χ1) is 16.1. The van der Waals surface area contributed by atoms with Crippen LogP contribution in [0.4, 0.5) is 19.0 Å². The first kappa shape index (κ1) is 24.7. The minimum atomic E-state index is -4.41. The minimum absolute atomic E-state index is 0.0151. The quantitative estimate of drug-likeness (QED) is 0.422. The van der Waals surface area contributed by atoms with E-state index in [1.54, 1.807) is 19.2 Å². The third-order valence-corrected chi connectivity index (χ3v) is 7.58. The molecule has 2 unspecified atom stereocenters. The van der Waals surface area contributed by atoms with E-state index in [1.807, 2.05) is 25.1 Å². The predicted molar refractivity (Wildman–Crippen MR) is 124 cm³/mol. The summed E-state index contributed by atoms with van der Waals surface area (Å²) in [6.07, 6.45) is -2.04. The van der Waals surface area contributed by atoms with Gasteiger partial charge in [-0.05, 0) is 65.0 Å². The van der Waals surface area contributed by atoms with Gasteiger partial charge in [-0.3, -0.25) is 9.62 Å². The summed E-state index contributed by atoms with van der Waals surface area (Å²) in [6, 6.07) is 8.91. The van der Waals surface area contributed by atoms with Crippen LogP contribution >= 0.6 is 15.9 Å². The molecule has 34 heavy (non-hydrogen) atoms. The lowest BCUT2D eigenvalue weighted by Gasteiger charge is -2.34. The van der Waals surface area contributed by atoms with E-state index in [0.717, 1.165) is 24.1 Å². The Hall–Kier alpha value is -2.44. The zero-order chi connectivity index (χ0) is 24.5. The highest BCUT2D eigenvalue weighted by Gasteiger charge is 2.29. The molecule has 3 heterocycles. The Kier molecular flexibility index (Phi) is 7.29.